The molecule has 0 aliphatic carbocycles. The third-order valence-corrected chi connectivity index (χ3v) is 5.99. The first-order valence-corrected chi connectivity index (χ1v) is 12.0. The van der Waals surface area contributed by atoms with E-state index in [2.05, 4.69) is 65.9 Å². The summed E-state index contributed by atoms with van der Waals surface area (Å²) in [6.07, 6.45) is 4.06. The zero-order valence-electron chi connectivity index (χ0n) is 20.8. The van der Waals surface area contributed by atoms with Gasteiger partial charge in [0.05, 0.1) is 32.4 Å². The van der Waals surface area contributed by atoms with Gasteiger partial charge in [-0.05, 0) is 72.5 Å². The predicted octanol–water partition coefficient (Wildman–Crippen LogP) is 5.90. The van der Waals surface area contributed by atoms with Gasteiger partial charge in [-0.3, -0.25) is 9.48 Å². The van der Waals surface area contributed by atoms with Crippen LogP contribution in [-0.4, -0.2) is 29.0 Å². The van der Waals surface area contributed by atoms with E-state index in [0.717, 1.165) is 23.4 Å². The molecule has 4 rings (SSSR count). The van der Waals surface area contributed by atoms with Crippen molar-refractivity contribution in [3.05, 3.63) is 84.2 Å². The van der Waals surface area contributed by atoms with Crippen LogP contribution in [0.2, 0.25) is 0 Å². The molecule has 1 atom stereocenters. The lowest BCUT2D eigenvalue weighted by molar-refractivity contribution is -0.147. The highest BCUT2D eigenvalue weighted by Crippen LogP contribution is 2.32. The van der Waals surface area contributed by atoms with Crippen molar-refractivity contribution in [3.8, 4) is 16.9 Å². The Labute approximate surface area is 206 Å². The summed E-state index contributed by atoms with van der Waals surface area (Å²) >= 11 is 0. The molecule has 0 amide bonds. The summed E-state index contributed by atoms with van der Waals surface area (Å²) in [7, 11) is 1.69. The van der Waals surface area contributed by atoms with Crippen molar-refractivity contribution in [2.45, 2.75) is 52.4 Å². The average Bonchev–Trinajstić information content (AvgIpc) is 3.34. The number of fused-ring (bicyclic) bond motifs is 1. The van der Waals surface area contributed by atoms with Crippen LogP contribution in [0.15, 0.2) is 73.1 Å². The van der Waals surface area contributed by atoms with Crippen molar-refractivity contribution >= 4 is 16.7 Å². The van der Waals surface area contributed by atoms with Crippen molar-refractivity contribution < 1.29 is 14.3 Å². The Morgan fingerprint density at radius 2 is 1.89 bits per heavy atom. The molecule has 1 heterocycles. The fraction of sp³-hybridized carbons (Fsp3) is 0.310. The largest absolute Gasteiger partial charge is 0.497 e. The van der Waals surface area contributed by atoms with Gasteiger partial charge in [0, 0.05) is 24.3 Å². The molecule has 0 spiro atoms. The molecule has 4 aromatic rings. The molecule has 1 aromatic heterocycles. The van der Waals surface area contributed by atoms with E-state index in [0.29, 0.717) is 13.0 Å². The van der Waals surface area contributed by atoms with Gasteiger partial charge in [-0.15, -0.1) is 0 Å². The summed E-state index contributed by atoms with van der Waals surface area (Å²) in [5, 5.41) is 10.5. The number of carbonyl (C=O) groups excluding carboxylic acids is 1. The molecule has 0 saturated heterocycles. The number of nitrogens with one attached hydrogen (secondary N) is 1. The van der Waals surface area contributed by atoms with Gasteiger partial charge < -0.3 is 14.8 Å². The van der Waals surface area contributed by atoms with Crippen LogP contribution >= 0.6 is 0 Å². The highest BCUT2D eigenvalue weighted by Gasteiger charge is 2.13. The molecule has 3 aromatic carbocycles. The summed E-state index contributed by atoms with van der Waals surface area (Å²) in [6, 6.07) is 21.1. The number of methoxy groups -OCH3 is 1. The second-order valence-corrected chi connectivity index (χ2v) is 9.02. The molecule has 0 radical (unpaired) electrons. The van der Waals surface area contributed by atoms with Crippen LogP contribution in [0.25, 0.3) is 21.9 Å². The number of aromatic nitrogens is 2. The van der Waals surface area contributed by atoms with Crippen LogP contribution in [0.4, 0.5) is 0 Å². The standard InChI is InChI=1S/C29H33N3O3/c1-20(2)35-29(33)12-13-32-19-25(18-31-32)28-16-24(15-23-9-5-6-11-27(23)28)21(3)30-17-22-8-7-10-26(14-22)34-4/h5-11,14-16,18-21,30H,12-13,17H2,1-4H3. The van der Waals surface area contributed by atoms with Gasteiger partial charge >= 0.3 is 5.97 Å². The van der Waals surface area contributed by atoms with Crippen LogP contribution < -0.4 is 10.1 Å². The van der Waals surface area contributed by atoms with Crippen LogP contribution in [0.5, 0.6) is 5.75 Å². The topological polar surface area (TPSA) is 65.4 Å². The normalized spacial score (nSPS) is 12.1. The minimum absolute atomic E-state index is 0.107. The monoisotopic (exact) mass is 471 g/mol. The molecule has 182 valence electrons. The Bertz CT molecular complexity index is 1300. The van der Waals surface area contributed by atoms with Gasteiger partial charge in [0.1, 0.15) is 5.75 Å². The van der Waals surface area contributed by atoms with E-state index in [1.807, 2.05) is 43.1 Å². The molecule has 0 saturated carbocycles. The lowest BCUT2D eigenvalue weighted by atomic mass is 9.95. The summed E-state index contributed by atoms with van der Waals surface area (Å²) in [4.78, 5) is 11.9. The minimum Gasteiger partial charge on any atom is -0.497 e. The highest BCUT2D eigenvalue weighted by atomic mass is 16.5. The van der Waals surface area contributed by atoms with Gasteiger partial charge in [-0.25, -0.2) is 0 Å². The number of hydrogen-bond acceptors (Lipinski definition) is 5. The Morgan fingerprint density at radius 1 is 1.06 bits per heavy atom. The number of aryl methyl sites for hydroxylation is 1. The Morgan fingerprint density at radius 3 is 2.69 bits per heavy atom. The third-order valence-electron chi connectivity index (χ3n) is 5.99. The molecule has 6 nitrogen and oxygen atoms in total. The predicted molar refractivity (Wildman–Crippen MR) is 139 cm³/mol. The maximum absolute atomic E-state index is 11.9. The molecule has 35 heavy (non-hydrogen) atoms. The number of ether oxygens (including phenoxy) is 2. The zero-order chi connectivity index (χ0) is 24.8. The van der Waals surface area contributed by atoms with Crippen molar-refractivity contribution in [1.29, 1.82) is 0 Å². The molecule has 1 unspecified atom stereocenters. The molecular weight excluding hydrogens is 438 g/mol. The van der Waals surface area contributed by atoms with E-state index in [9.17, 15) is 4.79 Å². The second-order valence-electron chi connectivity index (χ2n) is 9.02. The first-order chi connectivity index (χ1) is 16.9. The van der Waals surface area contributed by atoms with Gasteiger partial charge in [-0.1, -0.05) is 36.4 Å². The third kappa shape index (κ3) is 6.28. The van der Waals surface area contributed by atoms with Gasteiger partial charge in [0.25, 0.3) is 0 Å². The number of nitrogens with zero attached hydrogens (tertiary/aromatic N) is 2. The summed E-state index contributed by atoms with van der Waals surface area (Å²) < 4.78 is 12.4. The van der Waals surface area contributed by atoms with Crippen LogP contribution in [0.3, 0.4) is 0 Å². The number of esters is 1. The van der Waals surface area contributed by atoms with E-state index in [-0.39, 0.29) is 18.1 Å². The maximum Gasteiger partial charge on any atom is 0.307 e. The first-order valence-electron chi connectivity index (χ1n) is 12.0. The molecule has 0 bridgehead atoms. The summed E-state index contributed by atoms with van der Waals surface area (Å²) in [6.45, 7) is 7.12. The fourth-order valence-electron chi connectivity index (χ4n) is 4.15. The summed E-state index contributed by atoms with van der Waals surface area (Å²) in [5.74, 6) is 0.653. The van der Waals surface area contributed by atoms with Crippen molar-refractivity contribution in [2.24, 2.45) is 0 Å². The van der Waals surface area contributed by atoms with E-state index in [4.69, 9.17) is 9.47 Å². The van der Waals surface area contributed by atoms with Gasteiger partial charge in [-0.2, -0.15) is 5.10 Å². The van der Waals surface area contributed by atoms with Crippen molar-refractivity contribution in [3.63, 3.8) is 0 Å². The SMILES string of the molecule is COc1cccc(CNC(C)c2cc(-c3cnn(CCC(=O)OC(C)C)c3)c3ccccc3c2)c1. The smallest absolute Gasteiger partial charge is 0.307 e. The number of benzene rings is 3. The van der Waals surface area contributed by atoms with Gasteiger partial charge in [0.2, 0.25) is 0 Å². The minimum atomic E-state index is -0.208. The Balaban J connectivity index is 1.55. The quantitative estimate of drug-likeness (QED) is 0.292. The van der Waals surface area contributed by atoms with Crippen molar-refractivity contribution in [2.75, 3.05) is 7.11 Å². The maximum atomic E-state index is 11.9. The van der Waals surface area contributed by atoms with Gasteiger partial charge in [0.15, 0.2) is 0 Å². The van der Waals surface area contributed by atoms with E-state index in [1.54, 1.807) is 7.11 Å². The van der Waals surface area contributed by atoms with Crippen molar-refractivity contribution in [1.82, 2.24) is 15.1 Å². The fourth-order valence-corrected chi connectivity index (χ4v) is 4.15. The van der Waals surface area contributed by atoms with E-state index < -0.39 is 0 Å². The number of rotatable bonds is 10. The number of carbonyl (C=O) groups is 1. The lowest BCUT2D eigenvalue weighted by Crippen LogP contribution is -2.18. The second kappa shape index (κ2) is 11.2. The molecule has 1 N–H and O–H groups in total. The van der Waals surface area contributed by atoms with Crippen LogP contribution in [0.1, 0.15) is 44.4 Å². The molecule has 0 fully saturated rings. The molecular formula is C29H33N3O3. The molecule has 0 aliphatic rings. The first kappa shape index (κ1) is 24.5. The Hall–Kier alpha value is -3.64. The van der Waals surface area contributed by atoms with E-state index >= 15 is 0 Å². The Kier molecular flexibility index (Phi) is 7.83. The summed E-state index contributed by atoms with van der Waals surface area (Å²) in [5.41, 5.74) is 4.54. The average molecular weight is 472 g/mol. The zero-order valence-corrected chi connectivity index (χ0v) is 20.8. The highest BCUT2D eigenvalue weighted by molar-refractivity contribution is 5.97. The molecule has 0 aliphatic heterocycles. The molecule has 6 heteroatoms. The number of hydrogen-bond donors (Lipinski definition) is 1. The van der Waals surface area contributed by atoms with Crippen LogP contribution in [-0.2, 0) is 22.6 Å². The van der Waals surface area contributed by atoms with Crippen LogP contribution in [0, 0.1) is 0 Å². The van der Waals surface area contributed by atoms with E-state index in [1.165, 1.54) is 21.9 Å². The lowest BCUT2D eigenvalue weighted by Gasteiger charge is -2.17.